The molecule has 1 amide bonds. The Labute approximate surface area is 170 Å². The number of hydrogen-bond acceptors (Lipinski definition) is 2. The summed E-state index contributed by atoms with van der Waals surface area (Å²) in [4.78, 5) is 16.1. The highest BCUT2D eigenvalue weighted by Gasteiger charge is 2.26. The van der Waals surface area contributed by atoms with Gasteiger partial charge in [-0.25, -0.2) is 0 Å². The molecule has 2 heterocycles. The molecule has 0 spiro atoms. The molecule has 4 rings (SSSR count). The van der Waals surface area contributed by atoms with Gasteiger partial charge < -0.3 is 15.6 Å². The van der Waals surface area contributed by atoms with Crippen LogP contribution in [0, 0.1) is 0 Å². The number of nitrogens with one attached hydrogen (secondary N) is 3. The second-order valence-electron chi connectivity index (χ2n) is 7.91. The summed E-state index contributed by atoms with van der Waals surface area (Å²) < 4.78 is 0. The van der Waals surface area contributed by atoms with Gasteiger partial charge >= 0.3 is 0 Å². The highest BCUT2D eigenvalue weighted by molar-refractivity contribution is 6.31. The summed E-state index contributed by atoms with van der Waals surface area (Å²) in [6, 6.07) is 11.7. The molecule has 0 saturated heterocycles. The van der Waals surface area contributed by atoms with Gasteiger partial charge in [-0.2, -0.15) is 0 Å². The van der Waals surface area contributed by atoms with Gasteiger partial charge in [-0.3, -0.25) is 4.79 Å². The lowest BCUT2D eigenvalue weighted by Gasteiger charge is -2.32. The molecule has 0 bridgehead atoms. The number of anilines is 1. The smallest absolute Gasteiger partial charge is 0.253 e. The van der Waals surface area contributed by atoms with Crippen molar-refractivity contribution in [2.45, 2.75) is 32.7 Å². The molecule has 28 heavy (non-hydrogen) atoms. The van der Waals surface area contributed by atoms with E-state index in [2.05, 4.69) is 48.5 Å². The number of para-hydroxylation sites is 1. The van der Waals surface area contributed by atoms with E-state index >= 15 is 0 Å². The van der Waals surface area contributed by atoms with E-state index in [0.717, 1.165) is 34.1 Å². The molecule has 0 aliphatic carbocycles. The number of fused-ring (bicyclic) bond motifs is 2. The van der Waals surface area contributed by atoms with Crippen molar-refractivity contribution < 1.29 is 4.79 Å². The van der Waals surface area contributed by atoms with Crippen LogP contribution in [0.4, 0.5) is 5.69 Å². The van der Waals surface area contributed by atoms with Crippen molar-refractivity contribution in [2.75, 3.05) is 11.9 Å². The van der Waals surface area contributed by atoms with Crippen LogP contribution in [0.5, 0.6) is 0 Å². The third-order valence-electron chi connectivity index (χ3n) is 5.17. The molecule has 1 aromatic heterocycles. The number of aromatic nitrogens is 1. The monoisotopic (exact) mass is 393 g/mol. The average Bonchev–Trinajstić information content (AvgIpc) is 3.02. The Morgan fingerprint density at radius 3 is 2.86 bits per heavy atom. The van der Waals surface area contributed by atoms with Gasteiger partial charge in [0, 0.05) is 34.2 Å². The molecule has 4 nitrogen and oxygen atoms in total. The van der Waals surface area contributed by atoms with Gasteiger partial charge in [0.2, 0.25) is 0 Å². The van der Waals surface area contributed by atoms with Crippen LogP contribution < -0.4 is 10.6 Å². The van der Waals surface area contributed by atoms with Crippen LogP contribution in [0.25, 0.3) is 16.5 Å². The first-order valence-electron chi connectivity index (χ1n) is 9.49. The second-order valence-corrected chi connectivity index (χ2v) is 8.35. The van der Waals surface area contributed by atoms with Gasteiger partial charge in [-0.05, 0) is 62.6 Å². The number of H-pyrrole nitrogens is 1. The van der Waals surface area contributed by atoms with Crippen LogP contribution >= 0.6 is 11.6 Å². The van der Waals surface area contributed by atoms with Gasteiger partial charge in [0.25, 0.3) is 5.91 Å². The van der Waals surface area contributed by atoms with Gasteiger partial charge in [0.1, 0.15) is 0 Å². The molecule has 2 aromatic carbocycles. The van der Waals surface area contributed by atoms with E-state index in [0.29, 0.717) is 17.1 Å². The maximum absolute atomic E-state index is 12.9. The predicted molar refractivity (Wildman–Crippen MR) is 117 cm³/mol. The fraction of sp³-hybridized carbons (Fsp3) is 0.261. The number of aromatic amines is 1. The largest absolute Gasteiger partial charge is 0.376 e. The number of allylic oxidation sites excluding steroid dienone is 1. The van der Waals surface area contributed by atoms with Gasteiger partial charge in [0.05, 0.1) is 16.8 Å². The first-order valence-corrected chi connectivity index (χ1v) is 9.86. The quantitative estimate of drug-likeness (QED) is 0.555. The minimum atomic E-state index is -0.184. The summed E-state index contributed by atoms with van der Waals surface area (Å²) in [7, 11) is 0. The van der Waals surface area contributed by atoms with Crippen molar-refractivity contribution in [1.82, 2.24) is 10.3 Å². The third kappa shape index (κ3) is 3.52. The van der Waals surface area contributed by atoms with E-state index in [9.17, 15) is 4.79 Å². The molecule has 3 N–H and O–H groups in total. The van der Waals surface area contributed by atoms with Crippen molar-refractivity contribution >= 4 is 39.7 Å². The van der Waals surface area contributed by atoms with E-state index in [1.165, 1.54) is 5.57 Å². The second kappa shape index (κ2) is 7.02. The van der Waals surface area contributed by atoms with Crippen LogP contribution in [-0.2, 0) is 6.42 Å². The number of hydrogen-bond donors (Lipinski definition) is 3. The lowest BCUT2D eigenvalue weighted by Crippen LogP contribution is -2.34. The van der Waals surface area contributed by atoms with E-state index < -0.39 is 0 Å². The zero-order valence-corrected chi connectivity index (χ0v) is 17.1. The maximum atomic E-state index is 12.9. The van der Waals surface area contributed by atoms with Crippen LogP contribution in [0.15, 0.2) is 48.7 Å². The molecule has 0 atom stereocenters. The number of halogens is 1. The minimum absolute atomic E-state index is 0.0623. The highest BCUT2D eigenvalue weighted by atomic mass is 35.5. The lowest BCUT2D eigenvalue weighted by molar-refractivity contribution is 0.0955. The Morgan fingerprint density at radius 2 is 2.04 bits per heavy atom. The van der Waals surface area contributed by atoms with Crippen molar-refractivity contribution in [3.63, 3.8) is 0 Å². The normalized spacial score (nSPS) is 14.9. The van der Waals surface area contributed by atoms with Crippen LogP contribution in [0.1, 0.15) is 42.3 Å². The summed E-state index contributed by atoms with van der Waals surface area (Å²) in [6.45, 7) is 6.86. The summed E-state index contributed by atoms with van der Waals surface area (Å²) in [5.74, 6) is -0.0623. The molecular formula is C23H24ClN3O. The fourth-order valence-electron chi connectivity index (χ4n) is 3.95. The van der Waals surface area contributed by atoms with Crippen LogP contribution in [0.3, 0.4) is 0 Å². The Kier molecular flexibility index (Phi) is 4.68. The Balaban J connectivity index is 1.50. The van der Waals surface area contributed by atoms with Crippen molar-refractivity contribution in [2.24, 2.45) is 0 Å². The summed E-state index contributed by atoms with van der Waals surface area (Å²) >= 11 is 6.12. The number of benzene rings is 2. The number of amides is 1. The Hall–Kier alpha value is -2.72. The van der Waals surface area contributed by atoms with Crippen molar-refractivity contribution in [1.29, 1.82) is 0 Å². The van der Waals surface area contributed by atoms with E-state index in [1.54, 1.807) is 0 Å². The van der Waals surface area contributed by atoms with Crippen LogP contribution in [0.2, 0.25) is 5.02 Å². The molecule has 0 unspecified atom stereocenters. The standard InChI is InChI=1S/C23H24ClN3O/c1-14-12-23(2,3)27-21-17(14)5-4-6-18(21)22(28)25-10-9-15-13-26-20-8-7-16(24)11-19(15)20/h4-8,11-13,26-27H,9-10H2,1-3H3,(H,25,28). The average molecular weight is 394 g/mol. The number of rotatable bonds is 4. The SMILES string of the molecule is CC1=CC(C)(C)Nc2c(C(=O)NCCc3c[nH]c4ccc(Cl)cc34)cccc21. The van der Waals surface area contributed by atoms with Crippen LogP contribution in [-0.4, -0.2) is 23.0 Å². The summed E-state index contributed by atoms with van der Waals surface area (Å²) in [5.41, 5.74) is 5.87. The van der Waals surface area contributed by atoms with Crippen molar-refractivity contribution in [3.05, 3.63) is 70.4 Å². The molecule has 1 aliphatic rings. The van der Waals surface area contributed by atoms with E-state index in [1.807, 2.05) is 36.5 Å². The van der Waals surface area contributed by atoms with Crippen molar-refractivity contribution in [3.8, 4) is 0 Å². The molecule has 0 radical (unpaired) electrons. The van der Waals surface area contributed by atoms with Gasteiger partial charge in [0.15, 0.2) is 0 Å². The fourth-order valence-corrected chi connectivity index (χ4v) is 4.12. The zero-order valence-electron chi connectivity index (χ0n) is 16.3. The third-order valence-corrected chi connectivity index (χ3v) is 5.40. The predicted octanol–water partition coefficient (Wildman–Crippen LogP) is 5.40. The van der Waals surface area contributed by atoms with Gasteiger partial charge in [-0.1, -0.05) is 29.8 Å². The first kappa shape index (κ1) is 18.6. The molecular weight excluding hydrogens is 370 g/mol. The zero-order chi connectivity index (χ0) is 19.9. The lowest BCUT2D eigenvalue weighted by atomic mass is 9.89. The topological polar surface area (TPSA) is 56.9 Å². The molecule has 5 heteroatoms. The number of carbonyl (C=O) groups is 1. The molecule has 144 valence electrons. The Morgan fingerprint density at radius 1 is 1.21 bits per heavy atom. The Bertz CT molecular complexity index is 1090. The number of carbonyl (C=O) groups excluding carboxylic acids is 1. The maximum Gasteiger partial charge on any atom is 0.253 e. The molecule has 1 aliphatic heterocycles. The molecule has 0 saturated carbocycles. The molecule has 3 aromatic rings. The summed E-state index contributed by atoms with van der Waals surface area (Å²) in [6.07, 6.45) is 4.91. The first-order chi connectivity index (χ1) is 13.3. The van der Waals surface area contributed by atoms with Gasteiger partial charge in [-0.15, -0.1) is 0 Å². The molecule has 0 fully saturated rings. The highest BCUT2D eigenvalue weighted by Crippen LogP contribution is 2.35. The minimum Gasteiger partial charge on any atom is -0.376 e. The summed E-state index contributed by atoms with van der Waals surface area (Å²) in [5, 5.41) is 8.37. The van der Waals surface area contributed by atoms with E-state index in [-0.39, 0.29) is 11.4 Å². The van der Waals surface area contributed by atoms with E-state index in [4.69, 9.17) is 11.6 Å².